The van der Waals surface area contributed by atoms with Gasteiger partial charge in [0.25, 0.3) is 5.91 Å². The van der Waals surface area contributed by atoms with Crippen molar-refractivity contribution in [3.8, 4) is 5.82 Å². The quantitative estimate of drug-likeness (QED) is 0.574. The molecule has 33 heavy (non-hydrogen) atoms. The number of hydrogen-bond donors (Lipinski definition) is 1. The van der Waals surface area contributed by atoms with Crippen molar-refractivity contribution in [1.29, 1.82) is 0 Å². The van der Waals surface area contributed by atoms with Crippen LogP contribution in [0.1, 0.15) is 53.8 Å². The molecule has 0 saturated heterocycles. The minimum absolute atomic E-state index is 0.0445. The first-order chi connectivity index (χ1) is 15.9. The van der Waals surface area contributed by atoms with Crippen molar-refractivity contribution in [2.24, 2.45) is 0 Å². The second-order valence-corrected chi connectivity index (χ2v) is 10.4. The van der Waals surface area contributed by atoms with Crippen LogP contribution < -0.4 is 5.32 Å². The summed E-state index contributed by atoms with van der Waals surface area (Å²) in [6, 6.07) is 9.92. The highest BCUT2D eigenvalue weighted by atomic mass is 32.2. The molecule has 1 fully saturated rings. The summed E-state index contributed by atoms with van der Waals surface area (Å²) in [5.41, 5.74) is 1.31. The number of hydrogen-bond acceptors (Lipinski definition) is 5. The molecule has 1 aromatic carbocycles. The molecule has 0 atom stereocenters. The van der Waals surface area contributed by atoms with E-state index in [1.807, 2.05) is 29.8 Å². The Morgan fingerprint density at radius 2 is 1.82 bits per heavy atom. The highest BCUT2D eigenvalue weighted by Gasteiger charge is 2.29. The molecule has 0 radical (unpaired) electrons. The van der Waals surface area contributed by atoms with E-state index >= 15 is 0 Å². The number of nitrogens with one attached hydrogen (secondary N) is 1. The highest BCUT2D eigenvalue weighted by Crippen LogP contribution is 2.26. The Labute approximate surface area is 194 Å². The van der Waals surface area contributed by atoms with E-state index < -0.39 is 10.0 Å². The van der Waals surface area contributed by atoms with Crippen LogP contribution in [0.3, 0.4) is 0 Å². The van der Waals surface area contributed by atoms with E-state index in [9.17, 15) is 13.2 Å². The van der Waals surface area contributed by atoms with Gasteiger partial charge in [-0.15, -0.1) is 0 Å². The number of aryl methyl sites for hydroxylation is 1. The third-order valence-electron chi connectivity index (χ3n) is 6.22. The summed E-state index contributed by atoms with van der Waals surface area (Å²) in [5, 5.41) is 2.88. The number of benzene rings is 1. The zero-order valence-corrected chi connectivity index (χ0v) is 19.8. The summed E-state index contributed by atoms with van der Waals surface area (Å²) >= 11 is 0. The van der Waals surface area contributed by atoms with Gasteiger partial charge in [-0.25, -0.2) is 18.4 Å². The van der Waals surface area contributed by atoms with E-state index in [1.54, 1.807) is 31.6 Å². The Bertz CT molecular complexity index is 1210. The van der Waals surface area contributed by atoms with Gasteiger partial charge < -0.3 is 5.32 Å². The Kier molecular flexibility index (Phi) is 6.90. The molecule has 1 saturated carbocycles. The molecule has 1 amide bonds. The van der Waals surface area contributed by atoms with Crippen LogP contribution >= 0.6 is 0 Å². The number of rotatable bonds is 7. The standard InChI is InChI=1S/C24H29N5O3S/c1-18-25-14-15-29(18)23-16-19(12-13-26-23)17-27-24(30)20-8-10-22(11-9-20)33(31,32)28(2)21-6-4-3-5-7-21/h8-16,21H,3-7,17H2,1-2H3,(H,27,30). The van der Waals surface area contributed by atoms with Gasteiger partial charge in [-0.3, -0.25) is 9.36 Å². The molecule has 4 rings (SSSR count). The summed E-state index contributed by atoms with van der Waals surface area (Å²) < 4.78 is 29.3. The average Bonchev–Trinajstić information content (AvgIpc) is 3.28. The maximum Gasteiger partial charge on any atom is 0.251 e. The van der Waals surface area contributed by atoms with Gasteiger partial charge in [0.2, 0.25) is 10.0 Å². The molecule has 0 bridgehead atoms. The third kappa shape index (κ3) is 5.15. The first-order valence-electron chi connectivity index (χ1n) is 11.2. The van der Waals surface area contributed by atoms with Crippen LogP contribution in [0.15, 0.2) is 59.9 Å². The lowest BCUT2D eigenvalue weighted by atomic mass is 9.96. The molecule has 9 heteroatoms. The molecule has 174 valence electrons. The largest absolute Gasteiger partial charge is 0.348 e. The Hall–Kier alpha value is -3.04. The van der Waals surface area contributed by atoms with Crippen LogP contribution in [0.2, 0.25) is 0 Å². The Morgan fingerprint density at radius 3 is 2.48 bits per heavy atom. The lowest BCUT2D eigenvalue weighted by Crippen LogP contribution is -2.38. The lowest BCUT2D eigenvalue weighted by Gasteiger charge is -2.30. The van der Waals surface area contributed by atoms with Gasteiger partial charge in [-0.2, -0.15) is 4.31 Å². The van der Waals surface area contributed by atoms with Crippen molar-refractivity contribution in [1.82, 2.24) is 24.2 Å². The van der Waals surface area contributed by atoms with Crippen molar-refractivity contribution in [3.63, 3.8) is 0 Å². The number of pyridine rings is 1. The molecule has 0 aliphatic heterocycles. The second-order valence-electron chi connectivity index (χ2n) is 8.39. The number of carbonyl (C=O) groups excluding carboxylic acids is 1. The van der Waals surface area contributed by atoms with Crippen molar-refractivity contribution in [2.75, 3.05) is 7.05 Å². The normalized spacial score (nSPS) is 15.0. The number of amides is 1. The molecule has 2 heterocycles. The number of nitrogens with zero attached hydrogens (tertiary/aromatic N) is 4. The first kappa shape index (κ1) is 23.1. The molecule has 2 aromatic heterocycles. The minimum Gasteiger partial charge on any atom is -0.348 e. The van der Waals surface area contributed by atoms with E-state index in [4.69, 9.17) is 0 Å². The lowest BCUT2D eigenvalue weighted by molar-refractivity contribution is 0.0950. The molecule has 8 nitrogen and oxygen atoms in total. The number of sulfonamides is 1. The molecular formula is C24H29N5O3S. The predicted molar refractivity (Wildman–Crippen MR) is 126 cm³/mol. The van der Waals surface area contributed by atoms with Crippen LogP contribution in [0.4, 0.5) is 0 Å². The van der Waals surface area contributed by atoms with Crippen LogP contribution in [-0.4, -0.2) is 46.3 Å². The van der Waals surface area contributed by atoms with Crippen LogP contribution in [-0.2, 0) is 16.6 Å². The van der Waals surface area contributed by atoms with E-state index in [0.29, 0.717) is 12.1 Å². The van der Waals surface area contributed by atoms with Crippen LogP contribution in [0.25, 0.3) is 5.82 Å². The molecule has 3 aromatic rings. The van der Waals surface area contributed by atoms with Gasteiger partial charge >= 0.3 is 0 Å². The molecule has 1 aliphatic carbocycles. The van der Waals surface area contributed by atoms with Gasteiger partial charge in [0.1, 0.15) is 11.6 Å². The van der Waals surface area contributed by atoms with Crippen molar-refractivity contribution >= 4 is 15.9 Å². The zero-order chi connectivity index (χ0) is 23.4. The van der Waals surface area contributed by atoms with Crippen molar-refractivity contribution in [3.05, 3.63) is 71.9 Å². The zero-order valence-electron chi connectivity index (χ0n) is 18.9. The number of imidazole rings is 1. The van der Waals surface area contributed by atoms with E-state index in [0.717, 1.165) is 49.3 Å². The van der Waals surface area contributed by atoms with Gasteiger partial charge in [-0.1, -0.05) is 19.3 Å². The van der Waals surface area contributed by atoms with Crippen LogP contribution in [0, 0.1) is 6.92 Å². The molecule has 0 unspecified atom stereocenters. The molecule has 1 N–H and O–H groups in total. The Morgan fingerprint density at radius 1 is 1.09 bits per heavy atom. The summed E-state index contributed by atoms with van der Waals surface area (Å²) in [7, 11) is -1.93. The number of carbonyl (C=O) groups is 1. The summed E-state index contributed by atoms with van der Waals surface area (Å²) in [6.45, 7) is 2.22. The maximum absolute atomic E-state index is 13.0. The summed E-state index contributed by atoms with van der Waals surface area (Å²) in [6.07, 6.45) is 10.3. The smallest absolute Gasteiger partial charge is 0.251 e. The van der Waals surface area contributed by atoms with Crippen LogP contribution in [0.5, 0.6) is 0 Å². The second kappa shape index (κ2) is 9.84. The maximum atomic E-state index is 13.0. The van der Waals surface area contributed by atoms with Gasteiger partial charge in [0.15, 0.2) is 0 Å². The Balaban J connectivity index is 1.40. The highest BCUT2D eigenvalue weighted by molar-refractivity contribution is 7.89. The van der Waals surface area contributed by atoms with Gasteiger partial charge in [0, 0.05) is 43.8 Å². The molecule has 0 spiro atoms. The van der Waals surface area contributed by atoms with Crippen molar-refractivity contribution < 1.29 is 13.2 Å². The topological polar surface area (TPSA) is 97.2 Å². The van der Waals surface area contributed by atoms with Crippen molar-refractivity contribution in [2.45, 2.75) is 56.5 Å². The minimum atomic E-state index is -3.58. The first-order valence-corrected chi connectivity index (χ1v) is 12.6. The number of aromatic nitrogens is 3. The molecule has 1 aliphatic rings. The fourth-order valence-corrected chi connectivity index (χ4v) is 5.61. The predicted octanol–water partition coefficient (Wildman–Crippen LogP) is 3.46. The van der Waals surface area contributed by atoms with Gasteiger partial charge in [0.05, 0.1) is 4.90 Å². The average molecular weight is 468 g/mol. The fourth-order valence-electron chi connectivity index (χ4n) is 4.19. The summed E-state index contributed by atoms with van der Waals surface area (Å²) in [5.74, 6) is 1.29. The molecular weight excluding hydrogens is 438 g/mol. The SMILES string of the molecule is Cc1nccn1-c1cc(CNC(=O)c2ccc(S(=O)(=O)N(C)C3CCCCC3)cc2)ccn1. The van der Waals surface area contributed by atoms with E-state index in [1.165, 1.54) is 16.4 Å². The third-order valence-corrected chi connectivity index (χ3v) is 8.14. The summed E-state index contributed by atoms with van der Waals surface area (Å²) in [4.78, 5) is 21.4. The fraction of sp³-hybridized carbons (Fsp3) is 0.375. The van der Waals surface area contributed by atoms with Gasteiger partial charge in [-0.05, 0) is 61.7 Å². The van der Waals surface area contributed by atoms with E-state index in [2.05, 4.69) is 15.3 Å². The van der Waals surface area contributed by atoms with E-state index in [-0.39, 0.29) is 16.8 Å². The monoisotopic (exact) mass is 467 g/mol.